The van der Waals surface area contributed by atoms with Crippen LogP contribution in [-0.2, 0) is 22.7 Å². The second-order valence-corrected chi connectivity index (χ2v) is 8.91. The number of carbonyl (C=O) groups is 2. The normalized spacial score (nSPS) is 14.4. The number of hydrogen-bond acceptors (Lipinski definition) is 6. The monoisotopic (exact) mass is 577 g/mol. The highest BCUT2D eigenvalue weighted by Crippen LogP contribution is 2.26. The van der Waals surface area contributed by atoms with Crippen LogP contribution >= 0.6 is 15.9 Å². The van der Waals surface area contributed by atoms with Crippen LogP contribution in [-0.4, -0.2) is 27.8 Å². The van der Waals surface area contributed by atoms with Crippen molar-refractivity contribution in [1.29, 1.82) is 10.5 Å². The van der Waals surface area contributed by atoms with Crippen LogP contribution in [0.2, 0.25) is 0 Å². The highest BCUT2D eigenvalue weighted by molar-refractivity contribution is 9.10. The maximum absolute atomic E-state index is 12.6. The van der Waals surface area contributed by atoms with Gasteiger partial charge in [-0.3, -0.25) is 19.3 Å². The summed E-state index contributed by atoms with van der Waals surface area (Å²) in [5.41, 5.74) is -0.0251. The zero-order valence-corrected chi connectivity index (χ0v) is 23.5. The van der Waals surface area contributed by atoms with Crippen molar-refractivity contribution < 1.29 is 19.3 Å². The zero-order valence-electron chi connectivity index (χ0n) is 21.9. The minimum atomic E-state index is -0.634. The lowest BCUT2D eigenvalue weighted by molar-refractivity contribution is -0.704. The Kier molecular flexibility index (Phi) is 10.5. The third-order valence-corrected chi connectivity index (χ3v) is 6.75. The van der Waals surface area contributed by atoms with Crippen molar-refractivity contribution in [1.82, 2.24) is 9.47 Å². The third kappa shape index (κ3) is 5.99. The molecule has 0 N–H and O–H groups in total. The lowest BCUT2D eigenvalue weighted by atomic mass is 9.95. The molecule has 3 rings (SSSR count). The summed E-state index contributed by atoms with van der Waals surface area (Å²) in [4.78, 5) is 37.9. The number of aromatic nitrogens is 2. The van der Waals surface area contributed by atoms with Gasteiger partial charge in [-0.2, -0.15) is 15.1 Å². The van der Waals surface area contributed by atoms with Crippen LogP contribution in [0.4, 0.5) is 0 Å². The second-order valence-electron chi connectivity index (χ2n) is 8.10. The Labute approximate surface area is 230 Å². The molecule has 1 aliphatic rings. The first kappa shape index (κ1) is 29.9. The van der Waals surface area contributed by atoms with E-state index in [1.807, 2.05) is 36.5 Å². The third-order valence-electron chi connectivity index (χ3n) is 6.03. The molecule has 0 radical (unpaired) electrons. The molecule has 10 heteroatoms. The molecule has 1 aliphatic heterocycles. The van der Waals surface area contributed by atoms with E-state index in [1.165, 1.54) is 32.1 Å². The van der Waals surface area contributed by atoms with Gasteiger partial charge < -0.3 is 9.67 Å². The largest absolute Gasteiger partial charge is 0.860 e. The van der Waals surface area contributed by atoms with E-state index >= 15 is 0 Å². The summed E-state index contributed by atoms with van der Waals surface area (Å²) in [6, 6.07) is 9.72. The van der Waals surface area contributed by atoms with Gasteiger partial charge in [-0.1, -0.05) is 12.2 Å². The van der Waals surface area contributed by atoms with Crippen molar-refractivity contribution in [3.8, 4) is 18.0 Å². The molecule has 0 saturated heterocycles. The molecular weight excluding hydrogens is 550 g/mol. The number of pyridine rings is 2. The smallest absolute Gasteiger partial charge is 0.271 e. The fraction of sp³-hybridized carbons (Fsp3) is 0.286. The number of amides is 2. The highest BCUT2D eigenvalue weighted by Gasteiger charge is 2.34. The lowest BCUT2D eigenvalue weighted by Crippen LogP contribution is -2.42. The van der Waals surface area contributed by atoms with Crippen molar-refractivity contribution in [3.05, 3.63) is 84.9 Å². The number of rotatable bonds is 5. The minimum absolute atomic E-state index is 0.113. The number of aryl methyl sites for hydroxylation is 1. The molecule has 2 aromatic heterocycles. The van der Waals surface area contributed by atoms with Crippen molar-refractivity contribution in [2.75, 3.05) is 6.54 Å². The molecule has 0 unspecified atom stereocenters. The Bertz CT molecular complexity index is 1500. The molecule has 0 atom stereocenters. The average Bonchev–Trinajstić information content (AvgIpc) is 2.89. The number of carbonyl (C=O) groups excluding carboxylic acids is 2. The number of likely N-dealkylation sites (N-methyl/N-ethyl adjacent to an activating group) is 1. The fourth-order valence-corrected chi connectivity index (χ4v) is 4.36. The molecule has 0 aliphatic carbocycles. The van der Waals surface area contributed by atoms with Gasteiger partial charge in [0.1, 0.15) is 29.8 Å². The molecule has 0 fully saturated rings. The van der Waals surface area contributed by atoms with Crippen LogP contribution in [0.1, 0.15) is 44.4 Å². The number of hydrogen-bond donors (Lipinski definition) is 0. The van der Waals surface area contributed by atoms with E-state index in [0.29, 0.717) is 0 Å². The number of nitrogens with zero attached hydrogens (tertiary/aromatic N) is 5. The van der Waals surface area contributed by atoms with Crippen molar-refractivity contribution in [2.24, 2.45) is 0 Å². The van der Waals surface area contributed by atoms with E-state index in [-0.39, 0.29) is 46.5 Å². The Morgan fingerprint density at radius 3 is 2.24 bits per heavy atom. The Morgan fingerprint density at radius 2 is 1.74 bits per heavy atom. The van der Waals surface area contributed by atoms with Crippen LogP contribution in [0.5, 0.6) is 5.88 Å². The Morgan fingerprint density at radius 1 is 1.05 bits per heavy atom. The van der Waals surface area contributed by atoms with E-state index < -0.39 is 23.3 Å². The number of halogens is 1. The molecule has 0 spiro atoms. The first-order valence-electron chi connectivity index (χ1n) is 11.9. The fourth-order valence-electron chi connectivity index (χ4n) is 3.84. The Balaban J connectivity index is 0.000000474. The van der Waals surface area contributed by atoms with Crippen LogP contribution in [0, 0.1) is 29.6 Å². The molecule has 0 saturated carbocycles. The molecule has 2 amide bonds. The lowest BCUT2D eigenvalue weighted by Gasteiger charge is -2.26. The summed E-state index contributed by atoms with van der Waals surface area (Å²) in [7, 11) is 0. The molecule has 0 bridgehead atoms. The van der Waals surface area contributed by atoms with E-state index in [2.05, 4.69) is 27.4 Å². The van der Waals surface area contributed by atoms with Crippen molar-refractivity contribution in [3.63, 3.8) is 0 Å². The summed E-state index contributed by atoms with van der Waals surface area (Å²) in [6.45, 7) is 9.65. The summed E-state index contributed by atoms with van der Waals surface area (Å²) in [6.07, 6.45) is 6.31. The molecule has 0 aromatic carbocycles. The van der Waals surface area contributed by atoms with Gasteiger partial charge in [-0.15, -0.1) is 0 Å². The molecular formula is C28H28BrN5O4. The Hall–Kier alpha value is -4.28. The van der Waals surface area contributed by atoms with Gasteiger partial charge >= 0.3 is 0 Å². The van der Waals surface area contributed by atoms with E-state index in [4.69, 9.17) is 0 Å². The molecule has 9 nitrogen and oxygen atoms in total. The van der Waals surface area contributed by atoms with Gasteiger partial charge in [0.15, 0.2) is 6.20 Å². The standard InChI is InChI=1S/C21H20N4O4.C7H9BrN/c1-5-24-18(26)14(12(3)16(10-22)20(24)28)8-7-9-15-13(4)17(11-23)21(29)25(6-2)19(15)27;1-2-9-6-4-3-5-7(9)8/h7-9,26H,5-6H2,1-4H3;3-6H,2H2,1H3/q;+1/p-1. The molecule has 196 valence electrons. The number of imide groups is 1. The summed E-state index contributed by atoms with van der Waals surface area (Å²) >= 11 is 3.42. The summed E-state index contributed by atoms with van der Waals surface area (Å²) in [5.74, 6) is -1.70. The average molecular weight is 578 g/mol. The quantitative estimate of drug-likeness (QED) is 0.232. The van der Waals surface area contributed by atoms with E-state index in [1.54, 1.807) is 13.8 Å². The highest BCUT2D eigenvalue weighted by atomic mass is 79.9. The first-order valence-corrected chi connectivity index (χ1v) is 12.7. The van der Waals surface area contributed by atoms with Crippen molar-refractivity contribution >= 4 is 33.8 Å². The van der Waals surface area contributed by atoms with Gasteiger partial charge in [0.2, 0.25) is 4.60 Å². The van der Waals surface area contributed by atoms with E-state index in [9.17, 15) is 30.0 Å². The SMILES string of the molecule is CCN1C(=O)C(=CC=Cc2c(C)c(C#N)c(=O)n(CC)c2[O-])C(C)=C(C#N)C1=O.CC[n+]1ccccc1Br. The van der Waals surface area contributed by atoms with Gasteiger partial charge in [-0.05, 0) is 69.3 Å². The maximum Gasteiger partial charge on any atom is 0.271 e. The van der Waals surface area contributed by atoms with Gasteiger partial charge in [0.05, 0.1) is 0 Å². The molecule has 38 heavy (non-hydrogen) atoms. The second kappa shape index (κ2) is 13.3. The van der Waals surface area contributed by atoms with Crippen LogP contribution in [0.15, 0.2) is 62.7 Å². The van der Waals surface area contributed by atoms with Gasteiger partial charge in [0.25, 0.3) is 17.4 Å². The van der Waals surface area contributed by atoms with Crippen LogP contribution < -0.4 is 15.2 Å². The van der Waals surface area contributed by atoms with Crippen LogP contribution in [0.3, 0.4) is 0 Å². The predicted octanol–water partition coefficient (Wildman–Crippen LogP) is 3.05. The first-order chi connectivity index (χ1) is 18.1. The maximum atomic E-state index is 12.6. The number of nitriles is 2. The number of allylic oxidation sites excluding steroid dienone is 2. The van der Waals surface area contributed by atoms with E-state index in [0.717, 1.165) is 20.6 Å². The minimum Gasteiger partial charge on any atom is -0.860 e. The molecule has 3 heterocycles. The summed E-state index contributed by atoms with van der Waals surface area (Å²) in [5, 5.41) is 31.1. The summed E-state index contributed by atoms with van der Waals surface area (Å²) < 4.78 is 4.23. The van der Waals surface area contributed by atoms with Crippen molar-refractivity contribution in [2.45, 2.75) is 47.7 Å². The van der Waals surface area contributed by atoms with Gasteiger partial charge in [0, 0.05) is 46.7 Å². The zero-order chi connectivity index (χ0) is 28.6. The topological polar surface area (TPSA) is 134 Å². The predicted molar refractivity (Wildman–Crippen MR) is 143 cm³/mol. The molecule has 2 aromatic rings. The van der Waals surface area contributed by atoms with Crippen LogP contribution in [0.25, 0.3) is 6.08 Å². The van der Waals surface area contributed by atoms with Gasteiger partial charge in [-0.25, -0.2) is 0 Å².